The summed E-state index contributed by atoms with van der Waals surface area (Å²) < 4.78 is 52.3. The van der Waals surface area contributed by atoms with Gasteiger partial charge in [-0.2, -0.15) is 8.61 Å². The Bertz CT molecular complexity index is 810. The molecule has 0 aromatic heterocycles. The van der Waals surface area contributed by atoms with Gasteiger partial charge in [0.25, 0.3) is 0 Å². The molecule has 0 bridgehead atoms. The SMILES string of the molecule is CCS(=O)(=O)N1CCN(S(=O)(=O)c2ccc3c(c2)CCCC3)CC1. The van der Waals surface area contributed by atoms with Crippen LogP contribution in [0.4, 0.5) is 0 Å². The van der Waals surface area contributed by atoms with Crippen molar-refractivity contribution in [3.8, 4) is 0 Å². The number of fused-ring (bicyclic) bond motifs is 1. The maximum absolute atomic E-state index is 12.9. The Kier molecular flexibility index (Phi) is 5.01. The predicted octanol–water partition coefficient (Wildman–Crippen LogP) is 1.22. The Hall–Kier alpha value is -0.960. The van der Waals surface area contributed by atoms with Gasteiger partial charge in [0.1, 0.15) is 0 Å². The van der Waals surface area contributed by atoms with Gasteiger partial charge >= 0.3 is 0 Å². The predicted molar refractivity (Wildman–Crippen MR) is 92.9 cm³/mol. The minimum atomic E-state index is -3.56. The van der Waals surface area contributed by atoms with Gasteiger partial charge in [0, 0.05) is 26.2 Å². The average molecular weight is 373 g/mol. The van der Waals surface area contributed by atoms with E-state index in [4.69, 9.17) is 0 Å². The number of aryl methyl sites for hydroxylation is 2. The van der Waals surface area contributed by atoms with Gasteiger partial charge in [-0.15, -0.1) is 0 Å². The molecule has 1 aliphatic carbocycles. The van der Waals surface area contributed by atoms with Crippen LogP contribution >= 0.6 is 0 Å². The smallest absolute Gasteiger partial charge is 0.212 e. The molecule has 8 heteroatoms. The first-order valence-electron chi connectivity index (χ1n) is 8.44. The van der Waals surface area contributed by atoms with Crippen LogP contribution in [0.2, 0.25) is 0 Å². The molecule has 1 fully saturated rings. The fourth-order valence-corrected chi connectivity index (χ4v) is 5.95. The lowest BCUT2D eigenvalue weighted by molar-refractivity contribution is 0.273. The normalized spacial score (nSPS) is 20.7. The van der Waals surface area contributed by atoms with Crippen LogP contribution in [0.1, 0.15) is 30.9 Å². The molecule has 0 amide bonds. The van der Waals surface area contributed by atoms with E-state index in [2.05, 4.69) is 0 Å². The Morgan fingerprint density at radius 1 is 0.875 bits per heavy atom. The fourth-order valence-electron chi connectivity index (χ4n) is 3.39. The van der Waals surface area contributed by atoms with E-state index < -0.39 is 20.0 Å². The molecular weight excluding hydrogens is 348 g/mol. The number of sulfonamides is 2. The summed E-state index contributed by atoms with van der Waals surface area (Å²) in [6, 6.07) is 5.42. The lowest BCUT2D eigenvalue weighted by atomic mass is 9.92. The van der Waals surface area contributed by atoms with Gasteiger partial charge < -0.3 is 0 Å². The lowest BCUT2D eigenvalue weighted by Gasteiger charge is -2.33. The molecular formula is C16H24N2O4S2. The maximum atomic E-state index is 12.9. The van der Waals surface area contributed by atoms with E-state index >= 15 is 0 Å². The van der Waals surface area contributed by atoms with Crippen LogP contribution in [0.25, 0.3) is 0 Å². The van der Waals surface area contributed by atoms with Crippen LogP contribution in [0, 0.1) is 0 Å². The molecule has 134 valence electrons. The van der Waals surface area contributed by atoms with E-state index in [1.165, 1.54) is 14.2 Å². The second-order valence-electron chi connectivity index (χ2n) is 6.34. The summed E-state index contributed by atoms with van der Waals surface area (Å²) in [5.41, 5.74) is 2.38. The third kappa shape index (κ3) is 3.37. The van der Waals surface area contributed by atoms with Crippen LogP contribution in [0.5, 0.6) is 0 Å². The summed E-state index contributed by atoms with van der Waals surface area (Å²) in [6.07, 6.45) is 4.21. The third-order valence-electron chi connectivity index (χ3n) is 4.91. The molecule has 1 aliphatic heterocycles. The Labute approximate surface area is 144 Å². The number of rotatable bonds is 4. The van der Waals surface area contributed by atoms with Crippen molar-refractivity contribution >= 4 is 20.0 Å². The average Bonchev–Trinajstić information content (AvgIpc) is 2.61. The van der Waals surface area contributed by atoms with Crippen molar-refractivity contribution in [1.29, 1.82) is 0 Å². The number of nitrogens with zero attached hydrogens (tertiary/aromatic N) is 2. The van der Waals surface area contributed by atoms with Gasteiger partial charge in [-0.1, -0.05) is 6.07 Å². The second kappa shape index (κ2) is 6.74. The molecule has 24 heavy (non-hydrogen) atoms. The summed E-state index contributed by atoms with van der Waals surface area (Å²) in [5, 5.41) is 0. The van der Waals surface area contributed by atoms with Gasteiger partial charge in [0.2, 0.25) is 20.0 Å². The summed E-state index contributed by atoms with van der Waals surface area (Å²) in [6.45, 7) is 2.46. The van der Waals surface area contributed by atoms with Crippen molar-refractivity contribution in [3.63, 3.8) is 0 Å². The standard InChI is InChI=1S/C16H24N2O4S2/c1-2-23(19,20)17-9-11-18(12-10-17)24(21,22)16-8-7-14-5-3-4-6-15(14)13-16/h7-8,13H,2-6,9-12H2,1H3. The van der Waals surface area contributed by atoms with Crippen molar-refractivity contribution < 1.29 is 16.8 Å². The Morgan fingerprint density at radius 3 is 2.08 bits per heavy atom. The molecule has 0 radical (unpaired) electrons. The largest absolute Gasteiger partial charge is 0.243 e. The molecule has 0 spiro atoms. The summed E-state index contributed by atoms with van der Waals surface area (Å²) in [7, 11) is -6.81. The zero-order valence-corrected chi connectivity index (χ0v) is 15.6. The van der Waals surface area contributed by atoms with Crippen LogP contribution in [0.3, 0.4) is 0 Å². The van der Waals surface area contributed by atoms with Crippen LogP contribution in [0.15, 0.2) is 23.1 Å². The van der Waals surface area contributed by atoms with Gasteiger partial charge in [0.05, 0.1) is 10.6 Å². The third-order valence-corrected chi connectivity index (χ3v) is 8.69. The molecule has 1 aromatic carbocycles. The minimum Gasteiger partial charge on any atom is -0.212 e. The van der Waals surface area contributed by atoms with Crippen molar-refractivity contribution in [2.24, 2.45) is 0 Å². The van der Waals surface area contributed by atoms with Gasteiger partial charge in [-0.05, 0) is 55.9 Å². The Balaban J connectivity index is 1.77. The first kappa shape index (κ1) is 17.8. The maximum Gasteiger partial charge on any atom is 0.243 e. The quantitative estimate of drug-likeness (QED) is 0.796. The fraction of sp³-hybridized carbons (Fsp3) is 0.625. The molecule has 3 rings (SSSR count). The number of piperazine rings is 1. The first-order chi connectivity index (χ1) is 11.3. The van der Waals surface area contributed by atoms with Gasteiger partial charge in [-0.3, -0.25) is 0 Å². The highest BCUT2D eigenvalue weighted by Gasteiger charge is 2.32. The second-order valence-corrected chi connectivity index (χ2v) is 10.5. The monoisotopic (exact) mass is 372 g/mol. The highest BCUT2D eigenvalue weighted by Crippen LogP contribution is 2.26. The van der Waals surface area contributed by atoms with E-state index in [9.17, 15) is 16.8 Å². The first-order valence-corrected chi connectivity index (χ1v) is 11.5. The minimum absolute atomic E-state index is 0.0462. The molecule has 0 N–H and O–H groups in total. The van der Waals surface area contributed by atoms with Crippen LogP contribution in [-0.2, 0) is 32.9 Å². The van der Waals surface area contributed by atoms with Crippen molar-refractivity contribution in [3.05, 3.63) is 29.3 Å². The van der Waals surface area contributed by atoms with Crippen molar-refractivity contribution in [2.75, 3.05) is 31.9 Å². The van der Waals surface area contributed by atoms with E-state index in [-0.39, 0.29) is 31.9 Å². The summed E-state index contributed by atoms with van der Waals surface area (Å²) in [5.74, 6) is 0.0462. The van der Waals surface area contributed by atoms with E-state index in [0.29, 0.717) is 4.90 Å². The van der Waals surface area contributed by atoms with Crippen LogP contribution < -0.4 is 0 Å². The number of hydrogen-bond acceptors (Lipinski definition) is 4. The molecule has 1 saturated heterocycles. The van der Waals surface area contributed by atoms with E-state index in [0.717, 1.165) is 31.2 Å². The van der Waals surface area contributed by atoms with E-state index in [1.807, 2.05) is 6.07 Å². The molecule has 1 aromatic rings. The summed E-state index contributed by atoms with van der Waals surface area (Å²) in [4.78, 5) is 0.329. The highest BCUT2D eigenvalue weighted by atomic mass is 32.2. The van der Waals surface area contributed by atoms with Crippen molar-refractivity contribution in [1.82, 2.24) is 8.61 Å². The molecule has 6 nitrogen and oxygen atoms in total. The van der Waals surface area contributed by atoms with Crippen molar-refractivity contribution in [2.45, 2.75) is 37.5 Å². The van der Waals surface area contributed by atoms with E-state index in [1.54, 1.807) is 19.1 Å². The molecule has 0 atom stereocenters. The molecule has 0 unspecified atom stereocenters. The molecule has 2 aliphatic rings. The topological polar surface area (TPSA) is 74.8 Å². The van der Waals surface area contributed by atoms with Gasteiger partial charge in [0.15, 0.2) is 0 Å². The number of benzene rings is 1. The Morgan fingerprint density at radius 2 is 1.46 bits per heavy atom. The molecule has 0 saturated carbocycles. The van der Waals surface area contributed by atoms with Crippen LogP contribution in [-0.4, -0.2) is 57.4 Å². The summed E-state index contributed by atoms with van der Waals surface area (Å²) >= 11 is 0. The van der Waals surface area contributed by atoms with Gasteiger partial charge in [-0.25, -0.2) is 16.8 Å². The lowest BCUT2D eigenvalue weighted by Crippen LogP contribution is -2.50. The number of hydrogen-bond donors (Lipinski definition) is 0. The zero-order valence-electron chi connectivity index (χ0n) is 13.9. The highest BCUT2D eigenvalue weighted by molar-refractivity contribution is 7.89. The zero-order chi connectivity index (χ0) is 17.4. The molecule has 1 heterocycles.